The summed E-state index contributed by atoms with van der Waals surface area (Å²) in [6.07, 6.45) is 7.92. The van der Waals surface area contributed by atoms with E-state index in [0.29, 0.717) is 5.13 Å². The highest BCUT2D eigenvalue weighted by molar-refractivity contribution is 7.15. The lowest BCUT2D eigenvalue weighted by Crippen LogP contribution is -2.26. The molecule has 0 bridgehead atoms. The zero-order valence-corrected chi connectivity index (χ0v) is 11.5. The Kier molecular flexibility index (Phi) is 3.66. The lowest BCUT2D eigenvalue weighted by atomic mass is 10.2. The van der Waals surface area contributed by atoms with Crippen LogP contribution in [0.15, 0.2) is 28.9 Å². The normalized spacial score (nSPS) is 16.6. The molecule has 0 atom stereocenters. The highest BCUT2D eigenvalue weighted by Crippen LogP contribution is 2.24. The Morgan fingerprint density at radius 1 is 1.42 bits per heavy atom. The number of nitrogens with two attached hydrogens (primary N) is 1. The van der Waals surface area contributed by atoms with Crippen LogP contribution < -0.4 is 5.73 Å². The summed E-state index contributed by atoms with van der Waals surface area (Å²) in [7, 11) is 0. The molecule has 1 aliphatic rings. The van der Waals surface area contributed by atoms with Crippen LogP contribution in [0.1, 0.15) is 16.3 Å². The van der Waals surface area contributed by atoms with Gasteiger partial charge < -0.3 is 10.2 Å². The highest BCUT2D eigenvalue weighted by atomic mass is 32.1. The number of nitrogens with zero attached hydrogens (tertiary/aromatic N) is 2. The molecule has 0 saturated heterocycles. The van der Waals surface area contributed by atoms with E-state index in [9.17, 15) is 0 Å². The van der Waals surface area contributed by atoms with Crippen LogP contribution >= 0.6 is 11.3 Å². The van der Waals surface area contributed by atoms with Crippen molar-refractivity contribution in [2.45, 2.75) is 12.8 Å². The molecule has 0 unspecified atom stereocenters. The molecule has 0 amide bonds. The molecule has 19 heavy (non-hydrogen) atoms. The van der Waals surface area contributed by atoms with Gasteiger partial charge in [0.25, 0.3) is 0 Å². The van der Waals surface area contributed by atoms with Gasteiger partial charge in [0, 0.05) is 30.9 Å². The van der Waals surface area contributed by atoms with Gasteiger partial charge in [-0.25, -0.2) is 4.98 Å². The Morgan fingerprint density at radius 3 is 3.16 bits per heavy atom. The summed E-state index contributed by atoms with van der Waals surface area (Å²) >= 11 is 1.63. The van der Waals surface area contributed by atoms with Crippen LogP contribution in [-0.2, 0) is 12.8 Å². The number of nitrogen functional groups attached to an aromatic ring is 1. The van der Waals surface area contributed by atoms with Crippen LogP contribution in [0.25, 0.3) is 6.08 Å². The van der Waals surface area contributed by atoms with E-state index in [4.69, 9.17) is 10.2 Å². The molecule has 5 heteroatoms. The van der Waals surface area contributed by atoms with E-state index in [-0.39, 0.29) is 0 Å². The van der Waals surface area contributed by atoms with Crippen molar-refractivity contribution in [3.8, 4) is 0 Å². The molecular weight excluding hydrogens is 258 g/mol. The Labute approximate surface area is 116 Å². The van der Waals surface area contributed by atoms with E-state index in [2.05, 4.69) is 16.0 Å². The topological polar surface area (TPSA) is 55.3 Å². The van der Waals surface area contributed by atoms with Gasteiger partial charge in [-0.1, -0.05) is 6.08 Å². The van der Waals surface area contributed by atoms with Gasteiger partial charge in [-0.3, -0.25) is 4.90 Å². The fraction of sp³-hybridized carbons (Fsp3) is 0.357. The molecule has 0 spiro atoms. The quantitative estimate of drug-likeness (QED) is 0.934. The van der Waals surface area contributed by atoms with Gasteiger partial charge in [0.05, 0.1) is 12.0 Å². The monoisotopic (exact) mass is 275 g/mol. The molecule has 0 radical (unpaired) electrons. The Morgan fingerprint density at radius 2 is 2.32 bits per heavy atom. The van der Waals surface area contributed by atoms with Crippen LogP contribution in [0.2, 0.25) is 0 Å². The smallest absolute Gasteiger partial charge is 0.180 e. The van der Waals surface area contributed by atoms with E-state index in [1.165, 1.54) is 10.6 Å². The predicted octanol–water partition coefficient (Wildman–Crippen LogP) is 2.43. The third-order valence-corrected chi connectivity index (χ3v) is 4.29. The third-order valence-electron chi connectivity index (χ3n) is 3.30. The van der Waals surface area contributed by atoms with Crippen LogP contribution in [0.5, 0.6) is 0 Å². The summed E-state index contributed by atoms with van der Waals surface area (Å²) in [5.74, 6) is 0.906. The molecule has 0 saturated carbocycles. The van der Waals surface area contributed by atoms with Gasteiger partial charge in [-0.2, -0.15) is 0 Å². The molecule has 2 aromatic rings. The molecular formula is C14H17N3OS. The Balaban J connectivity index is 1.56. The van der Waals surface area contributed by atoms with Crippen molar-refractivity contribution < 1.29 is 4.42 Å². The summed E-state index contributed by atoms with van der Waals surface area (Å²) in [6, 6.07) is 3.86. The van der Waals surface area contributed by atoms with E-state index in [1.807, 2.05) is 18.2 Å². The standard InChI is InChI=1S/C14H17N3OS/c15-14-16-12-5-8-17(9-6-13(12)19-14)7-1-3-11-4-2-10-18-11/h1-4,10H,5-9H2,(H2,15,16). The summed E-state index contributed by atoms with van der Waals surface area (Å²) in [4.78, 5) is 8.19. The molecule has 0 aliphatic carbocycles. The van der Waals surface area contributed by atoms with Crippen molar-refractivity contribution in [2.75, 3.05) is 25.4 Å². The summed E-state index contributed by atoms with van der Waals surface area (Å²) in [6.45, 7) is 3.06. The summed E-state index contributed by atoms with van der Waals surface area (Å²) < 4.78 is 5.27. The maximum absolute atomic E-state index is 5.75. The molecule has 2 N–H and O–H groups in total. The zero-order chi connectivity index (χ0) is 13.1. The SMILES string of the molecule is Nc1nc2c(s1)CCN(CC=Cc1ccco1)CC2. The van der Waals surface area contributed by atoms with Crippen molar-refractivity contribution >= 4 is 22.5 Å². The number of hydrogen-bond donors (Lipinski definition) is 1. The van der Waals surface area contributed by atoms with E-state index in [0.717, 1.165) is 38.2 Å². The Hall–Kier alpha value is -1.59. The average molecular weight is 275 g/mol. The maximum Gasteiger partial charge on any atom is 0.180 e. The largest absolute Gasteiger partial charge is 0.465 e. The van der Waals surface area contributed by atoms with Crippen LogP contribution in [0.3, 0.4) is 0 Å². The minimum Gasteiger partial charge on any atom is -0.465 e. The number of anilines is 1. The Bertz CT molecular complexity index is 534. The first kappa shape index (κ1) is 12.4. The van der Waals surface area contributed by atoms with Crippen molar-refractivity contribution in [3.05, 3.63) is 40.8 Å². The zero-order valence-electron chi connectivity index (χ0n) is 10.7. The lowest BCUT2D eigenvalue weighted by Gasteiger charge is -2.16. The van der Waals surface area contributed by atoms with Crippen molar-refractivity contribution in [1.29, 1.82) is 0 Å². The maximum atomic E-state index is 5.75. The summed E-state index contributed by atoms with van der Waals surface area (Å²) in [5, 5.41) is 0.705. The second kappa shape index (κ2) is 5.59. The van der Waals surface area contributed by atoms with Crippen LogP contribution in [-0.4, -0.2) is 29.5 Å². The number of furan rings is 1. The van der Waals surface area contributed by atoms with Crippen molar-refractivity contribution in [3.63, 3.8) is 0 Å². The van der Waals surface area contributed by atoms with Crippen molar-refractivity contribution in [2.24, 2.45) is 0 Å². The van der Waals surface area contributed by atoms with Crippen LogP contribution in [0, 0.1) is 0 Å². The van der Waals surface area contributed by atoms with E-state index < -0.39 is 0 Å². The molecule has 1 aliphatic heterocycles. The minimum absolute atomic E-state index is 0.705. The van der Waals surface area contributed by atoms with Crippen LogP contribution in [0.4, 0.5) is 5.13 Å². The number of hydrogen-bond acceptors (Lipinski definition) is 5. The van der Waals surface area contributed by atoms with Gasteiger partial charge >= 0.3 is 0 Å². The lowest BCUT2D eigenvalue weighted by molar-refractivity contribution is 0.318. The highest BCUT2D eigenvalue weighted by Gasteiger charge is 2.16. The van der Waals surface area contributed by atoms with Crippen molar-refractivity contribution in [1.82, 2.24) is 9.88 Å². The van der Waals surface area contributed by atoms with Gasteiger partial charge in [0.15, 0.2) is 5.13 Å². The molecule has 100 valence electrons. The fourth-order valence-electron chi connectivity index (χ4n) is 2.32. The first-order valence-electron chi connectivity index (χ1n) is 6.48. The number of aromatic nitrogens is 1. The molecule has 0 fully saturated rings. The minimum atomic E-state index is 0.705. The van der Waals surface area contributed by atoms with Gasteiger partial charge in [0.2, 0.25) is 0 Å². The average Bonchev–Trinajstić information content (AvgIpc) is 2.98. The first-order chi connectivity index (χ1) is 9.31. The molecule has 0 aromatic carbocycles. The first-order valence-corrected chi connectivity index (χ1v) is 7.29. The molecule has 4 nitrogen and oxygen atoms in total. The number of thiazole rings is 1. The molecule has 2 aromatic heterocycles. The fourth-order valence-corrected chi connectivity index (χ4v) is 3.18. The van der Waals surface area contributed by atoms with Gasteiger partial charge in [-0.15, -0.1) is 11.3 Å². The van der Waals surface area contributed by atoms with Gasteiger partial charge in [0.1, 0.15) is 5.76 Å². The molecule has 3 heterocycles. The number of rotatable bonds is 3. The second-order valence-corrected chi connectivity index (χ2v) is 5.76. The van der Waals surface area contributed by atoms with E-state index in [1.54, 1.807) is 17.6 Å². The predicted molar refractivity (Wildman–Crippen MR) is 78.1 cm³/mol. The van der Waals surface area contributed by atoms with E-state index >= 15 is 0 Å². The number of fused-ring (bicyclic) bond motifs is 1. The third kappa shape index (κ3) is 3.05. The van der Waals surface area contributed by atoms with Gasteiger partial charge in [-0.05, 0) is 24.6 Å². The molecule has 3 rings (SSSR count). The summed E-state index contributed by atoms with van der Waals surface area (Å²) in [5.41, 5.74) is 6.95. The second-order valence-electron chi connectivity index (χ2n) is 4.64.